The Kier molecular flexibility index (Phi) is 5.25. The van der Waals surface area contributed by atoms with Gasteiger partial charge in [-0.25, -0.2) is 8.42 Å². The fourth-order valence-corrected chi connectivity index (χ4v) is 4.88. The minimum absolute atomic E-state index is 0.120. The first-order valence-electron chi connectivity index (χ1n) is 9.32. The van der Waals surface area contributed by atoms with Gasteiger partial charge in [-0.05, 0) is 37.3 Å². The highest BCUT2D eigenvalue weighted by Gasteiger charge is 2.34. The second-order valence-corrected chi connectivity index (χ2v) is 9.03. The highest BCUT2D eigenvalue weighted by molar-refractivity contribution is 7.89. The first kappa shape index (κ1) is 19.4. The van der Waals surface area contributed by atoms with Gasteiger partial charge in [-0.3, -0.25) is 9.48 Å². The van der Waals surface area contributed by atoms with Gasteiger partial charge in [0.15, 0.2) is 0 Å². The molecular formula is C20H22N4O4S. The number of nitrogens with zero attached hydrogens (tertiary/aromatic N) is 3. The van der Waals surface area contributed by atoms with Crippen LogP contribution in [0.1, 0.15) is 29.5 Å². The molecule has 1 aliphatic heterocycles. The van der Waals surface area contributed by atoms with Gasteiger partial charge in [-0.15, -0.1) is 0 Å². The summed E-state index contributed by atoms with van der Waals surface area (Å²) in [6.45, 7) is 2.60. The Bertz CT molecular complexity index is 1090. The lowest BCUT2D eigenvalue weighted by Crippen LogP contribution is -2.42. The van der Waals surface area contributed by atoms with E-state index in [1.54, 1.807) is 59.6 Å². The van der Waals surface area contributed by atoms with Crippen LogP contribution >= 0.6 is 0 Å². The lowest BCUT2D eigenvalue weighted by molar-refractivity contribution is -0.122. The van der Waals surface area contributed by atoms with Gasteiger partial charge in [-0.2, -0.15) is 9.40 Å². The molecule has 1 unspecified atom stereocenters. The Morgan fingerprint density at radius 3 is 2.76 bits per heavy atom. The normalized spacial score (nSPS) is 17.1. The summed E-state index contributed by atoms with van der Waals surface area (Å²) in [7, 11) is -3.67. The van der Waals surface area contributed by atoms with Crippen molar-refractivity contribution in [1.29, 1.82) is 0 Å². The molecule has 1 N–H and O–H groups in total. The Hall–Kier alpha value is -2.91. The largest absolute Gasteiger partial charge is 0.467 e. The molecule has 3 aromatic rings. The quantitative estimate of drug-likeness (QED) is 0.667. The standard InChI is InChI=1S/C20H22N4O4S/c1-15-4-6-19(7-5-15)29(26,27)23-13-16-8-9-22-24(16)17(14-23)11-20(25)21-12-18-3-2-10-28-18/h2-10,17H,11-14H2,1H3,(H,21,25). The number of aryl methyl sites for hydroxylation is 1. The van der Waals surface area contributed by atoms with E-state index in [9.17, 15) is 13.2 Å². The third kappa shape index (κ3) is 4.10. The van der Waals surface area contributed by atoms with Gasteiger partial charge in [0.25, 0.3) is 0 Å². The average Bonchev–Trinajstić information content (AvgIpc) is 3.38. The molecular weight excluding hydrogens is 392 g/mol. The number of nitrogens with one attached hydrogen (secondary N) is 1. The Morgan fingerprint density at radius 2 is 2.03 bits per heavy atom. The van der Waals surface area contributed by atoms with Crippen LogP contribution in [0, 0.1) is 6.92 Å². The number of aromatic nitrogens is 2. The fraction of sp³-hybridized carbons (Fsp3) is 0.300. The number of benzene rings is 1. The zero-order valence-corrected chi connectivity index (χ0v) is 16.8. The summed E-state index contributed by atoms with van der Waals surface area (Å²) in [5.41, 5.74) is 1.75. The van der Waals surface area contributed by atoms with Crippen molar-refractivity contribution in [3.63, 3.8) is 0 Å². The number of rotatable bonds is 6. The number of amides is 1. The predicted molar refractivity (Wildman–Crippen MR) is 105 cm³/mol. The van der Waals surface area contributed by atoms with Gasteiger partial charge in [0.2, 0.25) is 15.9 Å². The van der Waals surface area contributed by atoms with Crippen LogP contribution in [0.15, 0.2) is 64.2 Å². The number of fused-ring (bicyclic) bond motifs is 1. The van der Waals surface area contributed by atoms with E-state index in [-0.39, 0.29) is 42.9 Å². The Labute approximate surface area is 169 Å². The molecule has 1 aliphatic rings. The molecule has 0 bridgehead atoms. The number of carbonyl (C=O) groups is 1. The first-order valence-corrected chi connectivity index (χ1v) is 10.8. The first-order chi connectivity index (χ1) is 13.9. The van der Waals surface area contributed by atoms with Crippen LogP contribution in [0.4, 0.5) is 0 Å². The van der Waals surface area contributed by atoms with Crippen molar-refractivity contribution in [3.8, 4) is 0 Å². The molecule has 0 spiro atoms. The SMILES string of the molecule is Cc1ccc(S(=O)(=O)N2Cc3ccnn3C(CC(=O)NCc3ccco3)C2)cc1. The monoisotopic (exact) mass is 414 g/mol. The number of sulfonamides is 1. The minimum atomic E-state index is -3.67. The van der Waals surface area contributed by atoms with Crippen LogP contribution < -0.4 is 5.32 Å². The van der Waals surface area contributed by atoms with Gasteiger partial charge < -0.3 is 9.73 Å². The van der Waals surface area contributed by atoms with Crippen molar-refractivity contribution in [2.75, 3.05) is 6.54 Å². The summed E-state index contributed by atoms with van der Waals surface area (Å²) in [6, 6.07) is 11.7. The molecule has 0 saturated carbocycles. The zero-order valence-electron chi connectivity index (χ0n) is 16.0. The van der Waals surface area contributed by atoms with E-state index in [0.717, 1.165) is 11.3 Å². The summed E-state index contributed by atoms with van der Waals surface area (Å²) in [6.07, 6.45) is 3.30. The smallest absolute Gasteiger partial charge is 0.243 e. The van der Waals surface area contributed by atoms with E-state index in [1.165, 1.54) is 4.31 Å². The van der Waals surface area contributed by atoms with Crippen LogP contribution in [0.25, 0.3) is 0 Å². The maximum Gasteiger partial charge on any atom is 0.243 e. The molecule has 0 fully saturated rings. The van der Waals surface area contributed by atoms with Crippen molar-refractivity contribution >= 4 is 15.9 Å². The summed E-state index contributed by atoms with van der Waals surface area (Å²) >= 11 is 0. The molecule has 29 heavy (non-hydrogen) atoms. The second kappa shape index (κ2) is 7.84. The van der Waals surface area contributed by atoms with E-state index in [2.05, 4.69) is 10.4 Å². The summed E-state index contributed by atoms with van der Waals surface area (Å²) in [5.74, 6) is 0.466. The molecule has 0 saturated heterocycles. The summed E-state index contributed by atoms with van der Waals surface area (Å²) in [4.78, 5) is 12.7. The third-order valence-electron chi connectivity index (χ3n) is 4.97. The number of hydrogen-bond donors (Lipinski definition) is 1. The van der Waals surface area contributed by atoms with E-state index < -0.39 is 10.0 Å². The molecule has 8 nitrogen and oxygen atoms in total. The molecule has 4 rings (SSSR count). The molecule has 152 valence electrons. The number of hydrogen-bond acceptors (Lipinski definition) is 5. The fourth-order valence-electron chi connectivity index (χ4n) is 3.43. The van der Waals surface area contributed by atoms with Crippen LogP contribution in [-0.4, -0.2) is 35.0 Å². The van der Waals surface area contributed by atoms with Gasteiger partial charge in [0.05, 0.1) is 42.4 Å². The van der Waals surface area contributed by atoms with Crippen molar-refractivity contribution in [2.24, 2.45) is 0 Å². The molecule has 3 heterocycles. The topological polar surface area (TPSA) is 97.4 Å². The third-order valence-corrected chi connectivity index (χ3v) is 6.80. The molecule has 1 amide bonds. The summed E-state index contributed by atoms with van der Waals surface area (Å²) in [5, 5.41) is 7.10. The molecule has 0 aliphatic carbocycles. The molecule has 9 heteroatoms. The van der Waals surface area contributed by atoms with Crippen molar-refractivity contribution < 1.29 is 17.6 Å². The van der Waals surface area contributed by atoms with Crippen molar-refractivity contribution in [3.05, 3.63) is 71.9 Å². The maximum atomic E-state index is 13.1. The highest BCUT2D eigenvalue weighted by Crippen LogP contribution is 2.28. The van der Waals surface area contributed by atoms with Gasteiger partial charge in [0, 0.05) is 12.7 Å². The average molecular weight is 414 g/mol. The second-order valence-electron chi connectivity index (χ2n) is 7.09. The van der Waals surface area contributed by atoms with Crippen LogP contribution in [0.3, 0.4) is 0 Å². The van der Waals surface area contributed by atoms with Crippen molar-refractivity contribution in [2.45, 2.75) is 37.4 Å². The van der Waals surface area contributed by atoms with Gasteiger partial charge >= 0.3 is 0 Å². The van der Waals surface area contributed by atoms with E-state index >= 15 is 0 Å². The predicted octanol–water partition coefficient (Wildman–Crippen LogP) is 2.24. The molecule has 2 aromatic heterocycles. The minimum Gasteiger partial charge on any atom is -0.467 e. The number of furan rings is 1. The number of carbonyl (C=O) groups excluding carboxylic acids is 1. The molecule has 1 atom stereocenters. The lowest BCUT2D eigenvalue weighted by atomic mass is 10.1. The molecule has 1 aromatic carbocycles. The lowest BCUT2D eigenvalue weighted by Gasteiger charge is -2.33. The highest BCUT2D eigenvalue weighted by atomic mass is 32.2. The van der Waals surface area contributed by atoms with E-state index in [0.29, 0.717) is 5.76 Å². The molecule has 0 radical (unpaired) electrons. The maximum absolute atomic E-state index is 13.1. The zero-order chi connectivity index (χ0) is 20.4. The van der Waals surface area contributed by atoms with Gasteiger partial charge in [0.1, 0.15) is 5.76 Å². The van der Waals surface area contributed by atoms with E-state index in [4.69, 9.17) is 4.42 Å². The van der Waals surface area contributed by atoms with Crippen LogP contribution in [-0.2, 0) is 27.9 Å². The Balaban J connectivity index is 1.51. The Morgan fingerprint density at radius 1 is 1.24 bits per heavy atom. The van der Waals surface area contributed by atoms with Crippen molar-refractivity contribution in [1.82, 2.24) is 19.4 Å². The van der Waals surface area contributed by atoms with Crippen LogP contribution in [0.2, 0.25) is 0 Å². The van der Waals surface area contributed by atoms with Gasteiger partial charge in [-0.1, -0.05) is 17.7 Å². The van der Waals surface area contributed by atoms with E-state index in [1.807, 2.05) is 6.92 Å². The summed E-state index contributed by atoms with van der Waals surface area (Å²) < 4.78 is 34.6. The van der Waals surface area contributed by atoms with Crippen LogP contribution in [0.5, 0.6) is 0 Å².